The van der Waals surface area contributed by atoms with Crippen LogP contribution in [0.5, 0.6) is 11.5 Å². The van der Waals surface area contributed by atoms with Gasteiger partial charge in [0.2, 0.25) is 0 Å². The van der Waals surface area contributed by atoms with E-state index in [-0.39, 0.29) is 12.5 Å². The second kappa shape index (κ2) is 7.36. The van der Waals surface area contributed by atoms with Crippen LogP contribution < -0.4 is 9.47 Å². The van der Waals surface area contributed by atoms with Gasteiger partial charge < -0.3 is 19.3 Å². The van der Waals surface area contributed by atoms with Crippen LogP contribution in [0, 0.1) is 11.8 Å². The molecule has 0 aromatic heterocycles. The molecule has 2 rings (SSSR count). The van der Waals surface area contributed by atoms with Crippen molar-refractivity contribution in [2.24, 2.45) is 11.8 Å². The molecule has 1 aliphatic rings. The topological polar surface area (TPSA) is 47.9 Å². The quantitative estimate of drug-likeness (QED) is 0.856. The van der Waals surface area contributed by atoms with Crippen molar-refractivity contribution < 1.29 is 19.3 Å². The van der Waals surface area contributed by atoms with E-state index in [1.165, 1.54) is 0 Å². The Balaban J connectivity index is 1.84. The highest BCUT2D eigenvalue weighted by atomic mass is 16.5. The van der Waals surface area contributed by atoms with Crippen molar-refractivity contribution in [3.8, 4) is 11.5 Å². The van der Waals surface area contributed by atoms with Crippen molar-refractivity contribution in [3.05, 3.63) is 24.3 Å². The monoisotopic (exact) mass is 266 g/mol. The lowest BCUT2D eigenvalue weighted by Gasteiger charge is -2.28. The Bertz CT molecular complexity index is 357. The van der Waals surface area contributed by atoms with E-state index in [0.717, 1.165) is 37.6 Å². The molecule has 0 aliphatic carbocycles. The van der Waals surface area contributed by atoms with Gasteiger partial charge in [0, 0.05) is 25.7 Å². The van der Waals surface area contributed by atoms with Gasteiger partial charge in [0.15, 0.2) is 0 Å². The normalized spacial score (nSPS) is 18.0. The second-order valence-corrected chi connectivity index (χ2v) is 4.88. The molecule has 1 fully saturated rings. The fraction of sp³-hybridized carbons (Fsp3) is 0.600. The standard InChI is InChI=1S/C15H22O4/c1-17-14-2-4-15(5-3-14)19-11-13(10-16)12-6-8-18-9-7-12/h2-5,12-13,16H,6-11H2,1H3. The Morgan fingerprint density at radius 2 is 1.84 bits per heavy atom. The molecule has 1 aromatic carbocycles. The first-order valence-electron chi connectivity index (χ1n) is 6.79. The Morgan fingerprint density at radius 1 is 1.21 bits per heavy atom. The van der Waals surface area contributed by atoms with Gasteiger partial charge in [-0.2, -0.15) is 0 Å². The smallest absolute Gasteiger partial charge is 0.119 e. The summed E-state index contributed by atoms with van der Waals surface area (Å²) < 4.78 is 16.2. The summed E-state index contributed by atoms with van der Waals surface area (Å²) in [6, 6.07) is 7.52. The number of hydrogen-bond donors (Lipinski definition) is 1. The molecule has 4 heteroatoms. The number of aliphatic hydroxyl groups excluding tert-OH is 1. The molecule has 0 saturated carbocycles. The highest BCUT2D eigenvalue weighted by Crippen LogP contribution is 2.25. The number of aliphatic hydroxyl groups is 1. The van der Waals surface area contributed by atoms with Gasteiger partial charge in [-0.25, -0.2) is 0 Å². The summed E-state index contributed by atoms with van der Waals surface area (Å²) in [4.78, 5) is 0. The number of benzene rings is 1. The molecule has 0 bridgehead atoms. The van der Waals surface area contributed by atoms with Crippen molar-refractivity contribution in [1.82, 2.24) is 0 Å². The fourth-order valence-corrected chi connectivity index (χ4v) is 2.40. The predicted octanol–water partition coefficient (Wildman–Crippen LogP) is 2.11. The predicted molar refractivity (Wildman–Crippen MR) is 72.6 cm³/mol. The lowest BCUT2D eigenvalue weighted by Crippen LogP contribution is -2.30. The Kier molecular flexibility index (Phi) is 5.48. The largest absolute Gasteiger partial charge is 0.497 e. The zero-order valence-electron chi connectivity index (χ0n) is 11.4. The molecular weight excluding hydrogens is 244 g/mol. The molecule has 1 saturated heterocycles. The average molecular weight is 266 g/mol. The third-order valence-electron chi connectivity index (χ3n) is 3.69. The minimum absolute atomic E-state index is 0.167. The number of ether oxygens (including phenoxy) is 3. The van der Waals surface area contributed by atoms with E-state index in [0.29, 0.717) is 12.5 Å². The van der Waals surface area contributed by atoms with Gasteiger partial charge in [-0.3, -0.25) is 0 Å². The van der Waals surface area contributed by atoms with E-state index in [9.17, 15) is 5.11 Å². The van der Waals surface area contributed by atoms with E-state index < -0.39 is 0 Å². The highest BCUT2D eigenvalue weighted by molar-refractivity contribution is 5.31. The van der Waals surface area contributed by atoms with Gasteiger partial charge in [0.25, 0.3) is 0 Å². The highest BCUT2D eigenvalue weighted by Gasteiger charge is 2.24. The Labute approximate surface area is 114 Å². The third-order valence-corrected chi connectivity index (χ3v) is 3.69. The van der Waals surface area contributed by atoms with Crippen LogP contribution in [0.15, 0.2) is 24.3 Å². The molecule has 106 valence electrons. The zero-order chi connectivity index (χ0) is 13.5. The van der Waals surface area contributed by atoms with Gasteiger partial charge in [-0.15, -0.1) is 0 Å². The van der Waals surface area contributed by atoms with Crippen molar-refractivity contribution in [1.29, 1.82) is 0 Å². The van der Waals surface area contributed by atoms with Crippen molar-refractivity contribution in [2.45, 2.75) is 12.8 Å². The maximum Gasteiger partial charge on any atom is 0.119 e. The molecule has 1 aliphatic heterocycles. The Hall–Kier alpha value is -1.26. The van der Waals surface area contributed by atoms with Gasteiger partial charge >= 0.3 is 0 Å². The van der Waals surface area contributed by atoms with Crippen LogP contribution >= 0.6 is 0 Å². The zero-order valence-corrected chi connectivity index (χ0v) is 11.4. The molecule has 1 aromatic rings. The van der Waals surface area contributed by atoms with Gasteiger partial charge in [0.05, 0.1) is 13.7 Å². The molecule has 1 heterocycles. The van der Waals surface area contributed by atoms with Crippen LogP contribution in [0.25, 0.3) is 0 Å². The minimum atomic E-state index is 0.167. The fourth-order valence-electron chi connectivity index (χ4n) is 2.40. The van der Waals surface area contributed by atoms with E-state index in [1.54, 1.807) is 7.11 Å². The average Bonchev–Trinajstić information content (AvgIpc) is 2.49. The summed E-state index contributed by atoms with van der Waals surface area (Å²) in [7, 11) is 1.64. The van der Waals surface area contributed by atoms with Gasteiger partial charge in [0.1, 0.15) is 11.5 Å². The SMILES string of the molecule is COc1ccc(OCC(CO)C2CCOCC2)cc1. The molecule has 1 N–H and O–H groups in total. The summed E-state index contributed by atoms with van der Waals surface area (Å²) >= 11 is 0. The second-order valence-electron chi connectivity index (χ2n) is 4.88. The third kappa shape index (κ3) is 4.11. The molecule has 0 radical (unpaired) electrons. The number of hydrogen-bond acceptors (Lipinski definition) is 4. The lowest BCUT2D eigenvalue weighted by molar-refractivity contribution is 0.0199. The molecule has 4 nitrogen and oxygen atoms in total. The summed E-state index contributed by atoms with van der Waals surface area (Å²) in [5.74, 6) is 2.31. The van der Waals surface area contributed by atoms with Gasteiger partial charge in [-0.05, 0) is 43.0 Å². The van der Waals surface area contributed by atoms with Crippen LogP contribution in [0.3, 0.4) is 0 Å². The summed E-state index contributed by atoms with van der Waals surface area (Å²) in [6.45, 7) is 2.31. The summed E-state index contributed by atoms with van der Waals surface area (Å²) in [6.07, 6.45) is 2.02. The van der Waals surface area contributed by atoms with Crippen LogP contribution in [0.1, 0.15) is 12.8 Å². The first-order valence-corrected chi connectivity index (χ1v) is 6.79. The molecular formula is C15H22O4. The molecule has 1 unspecified atom stereocenters. The van der Waals surface area contributed by atoms with E-state index >= 15 is 0 Å². The van der Waals surface area contributed by atoms with Crippen LogP contribution in [0.4, 0.5) is 0 Å². The first-order chi connectivity index (χ1) is 9.33. The maximum absolute atomic E-state index is 9.50. The van der Waals surface area contributed by atoms with Crippen molar-refractivity contribution in [2.75, 3.05) is 33.5 Å². The molecule has 0 spiro atoms. The van der Waals surface area contributed by atoms with Gasteiger partial charge in [-0.1, -0.05) is 0 Å². The summed E-state index contributed by atoms with van der Waals surface area (Å²) in [5, 5.41) is 9.50. The number of rotatable bonds is 6. The van der Waals surface area contributed by atoms with Crippen LogP contribution in [-0.2, 0) is 4.74 Å². The molecule has 0 amide bonds. The minimum Gasteiger partial charge on any atom is -0.497 e. The lowest BCUT2D eigenvalue weighted by atomic mass is 9.87. The van der Waals surface area contributed by atoms with E-state index in [4.69, 9.17) is 14.2 Å². The van der Waals surface area contributed by atoms with E-state index in [2.05, 4.69) is 0 Å². The van der Waals surface area contributed by atoms with E-state index in [1.807, 2.05) is 24.3 Å². The molecule has 1 atom stereocenters. The van der Waals surface area contributed by atoms with Crippen molar-refractivity contribution >= 4 is 0 Å². The first kappa shape index (κ1) is 14.2. The number of methoxy groups -OCH3 is 1. The maximum atomic E-state index is 9.50. The van der Waals surface area contributed by atoms with Crippen molar-refractivity contribution in [3.63, 3.8) is 0 Å². The Morgan fingerprint density at radius 3 is 2.42 bits per heavy atom. The van der Waals surface area contributed by atoms with Crippen LogP contribution in [0.2, 0.25) is 0 Å². The summed E-state index contributed by atoms with van der Waals surface area (Å²) in [5.41, 5.74) is 0. The van der Waals surface area contributed by atoms with Crippen LogP contribution in [-0.4, -0.2) is 38.6 Å². The molecule has 19 heavy (non-hydrogen) atoms.